The molecule has 0 bridgehead atoms. The van der Waals surface area contributed by atoms with Crippen molar-refractivity contribution in [1.82, 2.24) is 5.32 Å². The Bertz CT molecular complexity index is 387. The van der Waals surface area contributed by atoms with Gasteiger partial charge in [0.25, 0.3) is 0 Å². The molecule has 0 saturated carbocycles. The van der Waals surface area contributed by atoms with Gasteiger partial charge in [-0.2, -0.15) is 0 Å². The Labute approximate surface area is 121 Å². The van der Waals surface area contributed by atoms with E-state index < -0.39 is 8.80 Å². The summed E-state index contributed by atoms with van der Waals surface area (Å²) in [4.78, 5) is 11.7. The summed E-state index contributed by atoms with van der Waals surface area (Å²) in [6.07, 6.45) is 1.13. The van der Waals surface area contributed by atoms with Crippen molar-refractivity contribution in [2.24, 2.45) is 0 Å². The van der Waals surface area contributed by atoms with Gasteiger partial charge in [0.05, 0.1) is 0 Å². The zero-order chi connectivity index (χ0) is 14.8. The van der Waals surface area contributed by atoms with Crippen LogP contribution in [0.3, 0.4) is 0 Å². The van der Waals surface area contributed by atoms with Crippen LogP contribution in [0.4, 0.5) is 0 Å². The minimum Gasteiger partial charge on any atom is -0.377 e. The van der Waals surface area contributed by atoms with Crippen molar-refractivity contribution in [3.63, 3.8) is 0 Å². The standard InChI is InChI=1S/C14H23NO4Si/c1-17-20(18-2,19-3)11-7-10-14(16)15-12-13-8-5-4-6-9-13/h4-6,8-9H,7,10-12H2,1-3H3,(H,15,16). The Morgan fingerprint density at radius 2 is 1.70 bits per heavy atom. The van der Waals surface area contributed by atoms with Gasteiger partial charge in [-0.05, 0) is 12.0 Å². The van der Waals surface area contributed by atoms with Crippen LogP contribution in [0.5, 0.6) is 0 Å². The van der Waals surface area contributed by atoms with Gasteiger partial charge in [0.1, 0.15) is 0 Å². The van der Waals surface area contributed by atoms with Crippen LogP contribution >= 0.6 is 0 Å². The van der Waals surface area contributed by atoms with Gasteiger partial charge >= 0.3 is 8.80 Å². The number of rotatable bonds is 9. The number of hydrogen-bond acceptors (Lipinski definition) is 4. The number of amides is 1. The van der Waals surface area contributed by atoms with Crippen LogP contribution in [0, 0.1) is 0 Å². The first-order valence-electron chi connectivity index (χ1n) is 6.62. The van der Waals surface area contributed by atoms with Crippen LogP contribution in [-0.4, -0.2) is 36.0 Å². The molecule has 5 nitrogen and oxygen atoms in total. The molecule has 0 radical (unpaired) electrons. The van der Waals surface area contributed by atoms with Crippen molar-refractivity contribution in [3.8, 4) is 0 Å². The molecule has 0 aromatic heterocycles. The smallest absolute Gasteiger partial charge is 0.377 e. The van der Waals surface area contributed by atoms with E-state index in [1.165, 1.54) is 0 Å². The fourth-order valence-corrected chi connectivity index (χ4v) is 3.63. The lowest BCUT2D eigenvalue weighted by molar-refractivity contribution is -0.121. The summed E-state index contributed by atoms with van der Waals surface area (Å²) >= 11 is 0. The Morgan fingerprint density at radius 3 is 2.25 bits per heavy atom. The van der Waals surface area contributed by atoms with E-state index in [0.717, 1.165) is 5.56 Å². The van der Waals surface area contributed by atoms with Crippen LogP contribution in [-0.2, 0) is 24.6 Å². The second-order valence-corrected chi connectivity index (χ2v) is 7.50. The monoisotopic (exact) mass is 297 g/mol. The number of benzene rings is 1. The summed E-state index contributed by atoms with van der Waals surface area (Å²) < 4.78 is 15.9. The predicted molar refractivity (Wildman–Crippen MR) is 79.1 cm³/mol. The third kappa shape index (κ3) is 5.42. The van der Waals surface area contributed by atoms with E-state index in [4.69, 9.17) is 13.3 Å². The average Bonchev–Trinajstić information content (AvgIpc) is 2.51. The Morgan fingerprint density at radius 1 is 1.10 bits per heavy atom. The van der Waals surface area contributed by atoms with E-state index in [-0.39, 0.29) is 5.91 Å². The molecular weight excluding hydrogens is 274 g/mol. The average molecular weight is 297 g/mol. The van der Waals surface area contributed by atoms with Crippen molar-refractivity contribution in [1.29, 1.82) is 0 Å². The Hall–Kier alpha value is -1.21. The highest BCUT2D eigenvalue weighted by molar-refractivity contribution is 6.60. The molecule has 112 valence electrons. The zero-order valence-electron chi connectivity index (χ0n) is 12.3. The third-order valence-electron chi connectivity index (χ3n) is 3.15. The molecule has 0 aliphatic carbocycles. The SMILES string of the molecule is CO[Si](CCCC(=O)NCc1ccccc1)(OC)OC. The van der Waals surface area contributed by atoms with Gasteiger partial charge < -0.3 is 18.6 Å². The van der Waals surface area contributed by atoms with Crippen LogP contribution in [0.2, 0.25) is 6.04 Å². The van der Waals surface area contributed by atoms with E-state index in [1.54, 1.807) is 21.3 Å². The number of carbonyl (C=O) groups excluding carboxylic acids is 1. The number of carbonyl (C=O) groups is 1. The normalized spacial score (nSPS) is 11.3. The van der Waals surface area contributed by atoms with Gasteiger partial charge in [0, 0.05) is 40.3 Å². The molecule has 0 heterocycles. The first kappa shape index (κ1) is 16.8. The van der Waals surface area contributed by atoms with E-state index in [2.05, 4.69) is 5.32 Å². The van der Waals surface area contributed by atoms with Gasteiger partial charge in [-0.25, -0.2) is 0 Å². The lowest BCUT2D eigenvalue weighted by Crippen LogP contribution is -2.42. The summed E-state index contributed by atoms with van der Waals surface area (Å²) in [6.45, 7) is 0.557. The minimum absolute atomic E-state index is 0.0278. The van der Waals surface area contributed by atoms with Gasteiger partial charge in [-0.1, -0.05) is 30.3 Å². The molecule has 1 N–H and O–H groups in total. The molecule has 1 rings (SSSR count). The molecular formula is C14H23NO4Si. The second kappa shape index (κ2) is 8.86. The molecule has 0 unspecified atom stereocenters. The molecule has 1 aromatic rings. The van der Waals surface area contributed by atoms with Crippen molar-refractivity contribution in [2.45, 2.75) is 25.4 Å². The maximum absolute atomic E-state index is 11.7. The molecule has 1 amide bonds. The summed E-state index contributed by atoms with van der Waals surface area (Å²) in [5.41, 5.74) is 1.09. The van der Waals surface area contributed by atoms with Gasteiger partial charge in [0.2, 0.25) is 5.91 Å². The molecule has 1 aromatic carbocycles. The van der Waals surface area contributed by atoms with E-state index in [9.17, 15) is 4.79 Å². The van der Waals surface area contributed by atoms with Crippen molar-refractivity contribution >= 4 is 14.7 Å². The van der Waals surface area contributed by atoms with Gasteiger partial charge in [-0.15, -0.1) is 0 Å². The first-order chi connectivity index (χ1) is 9.65. The minimum atomic E-state index is -2.55. The lowest BCUT2D eigenvalue weighted by Gasteiger charge is -2.24. The molecule has 0 atom stereocenters. The highest BCUT2D eigenvalue weighted by atomic mass is 28.4. The van der Waals surface area contributed by atoms with E-state index in [0.29, 0.717) is 25.4 Å². The van der Waals surface area contributed by atoms with Crippen molar-refractivity contribution in [3.05, 3.63) is 35.9 Å². The maximum Gasteiger partial charge on any atom is 0.500 e. The Kier molecular flexibility index (Phi) is 7.46. The van der Waals surface area contributed by atoms with E-state index >= 15 is 0 Å². The largest absolute Gasteiger partial charge is 0.500 e. The highest BCUT2D eigenvalue weighted by Gasteiger charge is 2.37. The topological polar surface area (TPSA) is 56.8 Å². The highest BCUT2D eigenvalue weighted by Crippen LogP contribution is 2.16. The second-order valence-electron chi connectivity index (χ2n) is 4.41. The quantitative estimate of drug-likeness (QED) is 0.708. The van der Waals surface area contributed by atoms with Gasteiger partial charge in [0.15, 0.2) is 0 Å². The number of hydrogen-bond donors (Lipinski definition) is 1. The molecule has 0 saturated heterocycles. The Balaban J connectivity index is 2.26. The van der Waals surface area contributed by atoms with Crippen LogP contribution in [0.15, 0.2) is 30.3 Å². The summed E-state index contributed by atoms with van der Waals surface area (Å²) in [5, 5.41) is 2.89. The zero-order valence-corrected chi connectivity index (χ0v) is 13.3. The number of nitrogens with one attached hydrogen (secondary N) is 1. The predicted octanol–water partition coefficient (Wildman–Crippen LogP) is 1.96. The molecule has 0 aliphatic rings. The third-order valence-corrected chi connectivity index (χ3v) is 5.98. The molecule has 20 heavy (non-hydrogen) atoms. The van der Waals surface area contributed by atoms with Crippen molar-refractivity contribution < 1.29 is 18.1 Å². The van der Waals surface area contributed by atoms with Crippen LogP contribution in [0.25, 0.3) is 0 Å². The fraction of sp³-hybridized carbons (Fsp3) is 0.500. The first-order valence-corrected chi connectivity index (χ1v) is 8.55. The van der Waals surface area contributed by atoms with E-state index in [1.807, 2.05) is 30.3 Å². The molecule has 6 heteroatoms. The van der Waals surface area contributed by atoms with Crippen LogP contribution < -0.4 is 5.32 Å². The summed E-state index contributed by atoms with van der Waals surface area (Å²) in [5.74, 6) is 0.0278. The lowest BCUT2D eigenvalue weighted by atomic mass is 10.2. The van der Waals surface area contributed by atoms with Gasteiger partial charge in [-0.3, -0.25) is 4.79 Å². The van der Waals surface area contributed by atoms with Crippen LogP contribution in [0.1, 0.15) is 18.4 Å². The molecule has 0 fully saturated rings. The fourth-order valence-electron chi connectivity index (χ4n) is 1.91. The molecule has 0 aliphatic heterocycles. The maximum atomic E-state index is 11.7. The summed E-state index contributed by atoms with van der Waals surface area (Å²) in [7, 11) is 2.18. The van der Waals surface area contributed by atoms with Crippen molar-refractivity contribution in [2.75, 3.05) is 21.3 Å². The summed E-state index contributed by atoms with van der Waals surface area (Å²) in [6, 6.07) is 10.5. The molecule has 0 spiro atoms.